The van der Waals surface area contributed by atoms with Crippen LogP contribution in [-0.4, -0.2) is 43.0 Å². The minimum absolute atomic E-state index is 0.0955. The molecule has 0 saturated heterocycles. The van der Waals surface area contributed by atoms with Crippen molar-refractivity contribution in [2.24, 2.45) is 0 Å². The molecule has 0 unspecified atom stereocenters. The van der Waals surface area contributed by atoms with E-state index in [1.165, 1.54) is 39.9 Å². The highest BCUT2D eigenvalue weighted by atomic mass is 32.2. The monoisotopic (exact) mass is 433 g/mol. The Morgan fingerprint density at radius 2 is 1.93 bits per heavy atom. The molecule has 2 aromatic carbocycles. The van der Waals surface area contributed by atoms with Gasteiger partial charge in [0.25, 0.3) is 5.91 Å². The smallest absolute Gasteiger partial charge is 0.257 e. The zero-order valence-corrected chi connectivity index (χ0v) is 17.8. The molecule has 28 heavy (non-hydrogen) atoms. The van der Waals surface area contributed by atoms with E-state index < -0.39 is 10.0 Å². The summed E-state index contributed by atoms with van der Waals surface area (Å²) in [5.41, 5.74) is 1.26. The average molecular weight is 434 g/mol. The molecule has 0 spiro atoms. The number of nitrogens with one attached hydrogen (secondary N) is 1. The van der Waals surface area contributed by atoms with Gasteiger partial charge in [0.05, 0.1) is 15.1 Å². The minimum Gasteiger partial charge on any atom is -0.298 e. The highest BCUT2D eigenvalue weighted by Crippen LogP contribution is 2.33. The molecule has 9 heteroatoms. The van der Waals surface area contributed by atoms with Crippen molar-refractivity contribution in [1.82, 2.24) is 9.29 Å². The van der Waals surface area contributed by atoms with Crippen LogP contribution in [0, 0.1) is 0 Å². The van der Waals surface area contributed by atoms with E-state index in [9.17, 15) is 13.2 Å². The van der Waals surface area contributed by atoms with E-state index in [0.717, 1.165) is 28.0 Å². The van der Waals surface area contributed by atoms with Crippen LogP contribution in [-0.2, 0) is 10.0 Å². The lowest BCUT2D eigenvalue weighted by molar-refractivity contribution is 0.102. The van der Waals surface area contributed by atoms with Crippen molar-refractivity contribution in [3.8, 4) is 0 Å². The highest BCUT2D eigenvalue weighted by molar-refractivity contribution is 7.98. The maximum absolute atomic E-state index is 12.6. The first-order valence-corrected chi connectivity index (χ1v) is 12.2. The second-order valence-electron chi connectivity index (χ2n) is 6.56. The van der Waals surface area contributed by atoms with Crippen molar-refractivity contribution in [3.63, 3.8) is 0 Å². The Balaban J connectivity index is 1.52. The summed E-state index contributed by atoms with van der Waals surface area (Å²) in [7, 11) is -1.91. The first-order chi connectivity index (χ1) is 13.4. The highest BCUT2D eigenvalue weighted by Gasteiger charge is 2.35. The number of amides is 1. The molecule has 1 saturated carbocycles. The first-order valence-electron chi connectivity index (χ1n) is 8.73. The quantitative estimate of drug-likeness (QED) is 0.593. The molecule has 1 aliphatic rings. The number of carbonyl (C=O) groups is 1. The van der Waals surface area contributed by atoms with Crippen molar-refractivity contribution in [2.75, 3.05) is 18.6 Å². The van der Waals surface area contributed by atoms with Crippen LogP contribution in [0.25, 0.3) is 10.2 Å². The maximum Gasteiger partial charge on any atom is 0.257 e. The van der Waals surface area contributed by atoms with Gasteiger partial charge in [0.15, 0.2) is 5.13 Å². The third-order valence-electron chi connectivity index (χ3n) is 4.68. The number of para-hydroxylation sites is 1. The molecule has 0 radical (unpaired) electrons. The van der Waals surface area contributed by atoms with Gasteiger partial charge in [0.2, 0.25) is 10.0 Å². The summed E-state index contributed by atoms with van der Waals surface area (Å²) in [6.45, 7) is 0. The molecular weight excluding hydrogens is 414 g/mol. The topological polar surface area (TPSA) is 79.4 Å². The summed E-state index contributed by atoms with van der Waals surface area (Å²) in [4.78, 5) is 18.3. The molecule has 0 aliphatic heterocycles. The first kappa shape index (κ1) is 19.4. The minimum atomic E-state index is -3.51. The van der Waals surface area contributed by atoms with E-state index in [1.807, 2.05) is 24.5 Å². The van der Waals surface area contributed by atoms with E-state index in [2.05, 4.69) is 10.3 Å². The number of sulfonamides is 1. The predicted molar refractivity (Wildman–Crippen MR) is 114 cm³/mol. The lowest BCUT2D eigenvalue weighted by Crippen LogP contribution is -2.29. The van der Waals surface area contributed by atoms with Crippen LogP contribution >= 0.6 is 23.1 Å². The molecule has 1 amide bonds. The molecule has 146 valence electrons. The third-order valence-corrected chi connectivity index (χ3v) is 8.31. The molecule has 1 N–H and O–H groups in total. The Bertz CT molecular complexity index is 1140. The summed E-state index contributed by atoms with van der Waals surface area (Å²) in [6, 6.07) is 12.1. The van der Waals surface area contributed by atoms with Gasteiger partial charge in [-0.1, -0.05) is 17.4 Å². The summed E-state index contributed by atoms with van der Waals surface area (Å²) >= 11 is 3.02. The Morgan fingerprint density at radius 3 is 2.57 bits per heavy atom. The van der Waals surface area contributed by atoms with Gasteiger partial charge in [-0.25, -0.2) is 13.4 Å². The van der Waals surface area contributed by atoms with Gasteiger partial charge in [-0.15, -0.1) is 11.8 Å². The number of thiazole rings is 1. The average Bonchev–Trinajstić information content (AvgIpc) is 3.46. The zero-order valence-electron chi connectivity index (χ0n) is 15.4. The van der Waals surface area contributed by atoms with Crippen LogP contribution in [0.5, 0.6) is 0 Å². The standard InChI is InChI=1S/C19H19N3O3S3/c1-22(13-8-9-13)28(24,25)14-10-6-12(7-11-14)18(23)21-19-20-17-15(26-2)4-3-5-16(17)27-19/h3-7,10-11,13H,8-9H2,1-2H3,(H,20,21,23). The van der Waals surface area contributed by atoms with Gasteiger partial charge in [0.1, 0.15) is 0 Å². The molecule has 0 bridgehead atoms. The van der Waals surface area contributed by atoms with Crippen LogP contribution in [0.2, 0.25) is 0 Å². The number of rotatable bonds is 6. The van der Waals surface area contributed by atoms with Crippen molar-refractivity contribution >= 4 is 54.4 Å². The van der Waals surface area contributed by atoms with Gasteiger partial charge in [-0.3, -0.25) is 10.1 Å². The number of carbonyl (C=O) groups excluding carboxylic acids is 1. The second-order valence-corrected chi connectivity index (χ2v) is 10.4. The van der Waals surface area contributed by atoms with E-state index in [-0.39, 0.29) is 16.8 Å². The molecule has 3 aromatic rings. The number of benzene rings is 2. The summed E-state index contributed by atoms with van der Waals surface area (Å²) in [5.74, 6) is -0.316. The number of hydrogen-bond acceptors (Lipinski definition) is 6. The lowest BCUT2D eigenvalue weighted by atomic mass is 10.2. The number of aromatic nitrogens is 1. The third kappa shape index (κ3) is 3.67. The Kier molecular flexibility index (Phi) is 5.17. The van der Waals surface area contributed by atoms with Crippen molar-refractivity contribution < 1.29 is 13.2 Å². The fourth-order valence-corrected chi connectivity index (χ4v) is 5.82. The van der Waals surface area contributed by atoms with Crippen LogP contribution < -0.4 is 5.32 Å². The van der Waals surface area contributed by atoms with Crippen LogP contribution in [0.4, 0.5) is 5.13 Å². The van der Waals surface area contributed by atoms with Gasteiger partial charge in [-0.05, 0) is 55.5 Å². The number of nitrogens with zero attached hydrogens (tertiary/aromatic N) is 2. The van der Waals surface area contributed by atoms with E-state index in [1.54, 1.807) is 18.8 Å². The van der Waals surface area contributed by atoms with Crippen LogP contribution in [0.15, 0.2) is 52.3 Å². The van der Waals surface area contributed by atoms with E-state index in [4.69, 9.17) is 0 Å². The van der Waals surface area contributed by atoms with Crippen molar-refractivity contribution in [3.05, 3.63) is 48.0 Å². The predicted octanol–water partition coefficient (Wildman–Crippen LogP) is 4.05. The summed E-state index contributed by atoms with van der Waals surface area (Å²) in [5, 5.41) is 3.33. The summed E-state index contributed by atoms with van der Waals surface area (Å²) < 4.78 is 27.5. The van der Waals surface area contributed by atoms with E-state index in [0.29, 0.717) is 10.7 Å². The normalized spacial score (nSPS) is 14.5. The maximum atomic E-state index is 12.6. The molecule has 1 aromatic heterocycles. The zero-order chi connectivity index (χ0) is 19.9. The number of hydrogen-bond donors (Lipinski definition) is 1. The van der Waals surface area contributed by atoms with Gasteiger partial charge in [-0.2, -0.15) is 4.31 Å². The fourth-order valence-electron chi connectivity index (χ4n) is 2.89. The number of thioether (sulfide) groups is 1. The fraction of sp³-hybridized carbons (Fsp3) is 0.263. The van der Waals surface area contributed by atoms with Crippen LogP contribution in [0.1, 0.15) is 23.2 Å². The molecule has 1 aliphatic carbocycles. The molecule has 4 rings (SSSR count). The van der Waals surface area contributed by atoms with Gasteiger partial charge >= 0.3 is 0 Å². The number of anilines is 1. The van der Waals surface area contributed by atoms with Crippen LogP contribution in [0.3, 0.4) is 0 Å². The Labute approximate surface area is 172 Å². The Hall–Kier alpha value is -1.94. The molecular formula is C19H19N3O3S3. The van der Waals surface area contributed by atoms with E-state index >= 15 is 0 Å². The summed E-state index contributed by atoms with van der Waals surface area (Å²) in [6.07, 6.45) is 3.79. The van der Waals surface area contributed by atoms with Gasteiger partial charge < -0.3 is 0 Å². The lowest BCUT2D eigenvalue weighted by Gasteiger charge is -2.16. The molecule has 6 nitrogen and oxygen atoms in total. The molecule has 0 atom stereocenters. The van der Waals surface area contributed by atoms with Crippen molar-refractivity contribution in [1.29, 1.82) is 0 Å². The SMILES string of the molecule is CSc1cccc2sc(NC(=O)c3ccc(S(=O)(=O)N(C)C4CC4)cc3)nc12. The van der Waals surface area contributed by atoms with Crippen molar-refractivity contribution in [2.45, 2.75) is 28.7 Å². The Morgan fingerprint density at radius 1 is 1.21 bits per heavy atom. The largest absolute Gasteiger partial charge is 0.298 e. The molecule has 1 heterocycles. The number of fused-ring (bicyclic) bond motifs is 1. The second kappa shape index (κ2) is 7.47. The molecule has 1 fully saturated rings. The van der Waals surface area contributed by atoms with Gasteiger partial charge in [0, 0.05) is 23.5 Å².